The molecule has 2 aromatic rings. The minimum atomic E-state index is -4.58. The van der Waals surface area contributed by atoms with Gasteiger partial charge in [-0.25, -0.2) is 8.78 Å². The molecular weight excluding hydrogens is 599 g/mol. The van der Waals surface area contributed by atoms with Crippen LogP contribution in [0.5, 0.6) is 6.01 Å². The maximum atomic E-state index is 14.4. The number of piperazine rings is 1. The Morgan fingerprint density at radius 2 is 2.00 bits per heavy atom. The second-order valence-corrected chi connectivity index (χ2v) is 12.1. The summed E-state index contributed by atoms with van der Waals surface area (Å²) in [6.45, 7) is 4.72. The molecule has 0 spiro atoms. The molecule has 1 amide bonds. The molecule has 1 aromatic carbocycles. The van der Waals surface area contributed by atoms with E-state index in [0.29, 0.717) is 30.0 Å². The number of amides is 1. The Bertz CT molecular complexity index is 1520. The van der Waals surface area contributed by atoms with Gasteiger partial charge in [0.2, 0.25) is 0 Å². The third kappa shape index (κ3) is 6.07. The molecule has 14 heteroatoms. The maximum Gasteiger partial charge on any atom is 0.416 e. The highest BCUT2D eigenvalue weighted by molar-refractivity contribution is 5.91. The number of carbonyl (C=O) groups is 1. The zero-order valence-corrected chi connectivity index (χ0v) is 24.5. The fraction of sp³-hybridized carbons (Fsp3) is 0.548. The number of benzene rings is 1. The van der Waals surface area contributed by atoms with Crippen LogP contribution in [0.3, 0.4) is 0 Å². The molecule has 3 saturated heterocycles. The molecule has 240 valence electrons. The van der Waals surface area contributed by atoms with Crippen LogP contribution in [0.4, 0.5) is 27.8 Å². The van der Waals surface area contributed by atoms with Crippen LogP contribution in [0, 0.1) is 11.3 Å². The van der Waals surface area contributed by atoms with Crippen LogP contribution in [-0.2, 0) is 28.7 Å². The molecule has 5 heterocycles. The summed E-state index contributed by atoms with van der Waals surface area (Å²) in [4.78, 5) is 27.0. The first-order chi connectivity index (χ1) is 21.5. The Morgan fingerprint density at radius 3 is 2.76 bits per heavy atom. The lowest BCUT2D eigenvalue weighted by molar-refractivity contribution is -0.140. The quantitative estimate of drug-likeness (QED) is 0.321. The van der Waals surface area contributed by atoms with Gasteiger partial charge in [-0.15, -0.1) is 0 Å². The van der Waals surface area contributed by atoms with Crippen molar-refractivity contribution in [1.29, 1.82) is 5.26 Å². The zero-order chi connectivity index (χ0) is 31.9. The molecule has 1 aromatic heterocycles. The molecule has 0 bridgehead atoms. The number of anilines is 1. The van der Waals surface area contributed by atoms with Crippen molar-refractivity contribution in [2.45, 2.75) is 68.7 Å². The standard InChI is InChI=1S/C31H33F5N6O3/c1-19(32)28(43)42-12-11-40(16-21(42)7-9-37)27-23-17-44-26(22-5-2-3-6-24(22)31(34,35)36)13-25(23)38-29(39-27)45-18-30-8-4-10-41(30)15-20(33)14-30/h2-3,5-6,20-21,26H,1,4,7-8,10-18H2/t20-,21+,26+,30+/m1/s1. The van der Waals surface area contributed by atoms with Gasteiger partial charge in [-0.2, -0.15) is 28.4 Å². The molecule has 0 radical (unpaired) electrons. The highest BCUT2D eigenvalue weighted by Crippen LogP contribution is 2.42. The van der Waals surface area contributed by atoms with Crippen molar-refractivity contribution >= 4 is 11.7 Å². The van der Waals surface area contributed by atoms with Crippen LogP contribution in [-0.4, -0.2) is 82.8 Å². The molecule has 3 fully saturated rings. The number of nitriles is 1. The second-order valence-electron chi connectivity index (χ2n) is 12.1. The van der Waals surface area contributed by atoms with E-state index < -0.39 is 47.3 Å². The fourth-order valence-electron chi connectivity index (χ4n) is 7.19. The number of halogens is 5. The van der Waals surface area contributed by atoms with Gasteiger partial charge in [0.25, 0.3) is 5.91 Å². The van der Waals surface area contributed by atoms with Gasteiger partial charge >= 0.3 is 12.2 Å². The predicted molar refractivity (Wildman–Crippen MR) is 151 cm³/mol. The van der Waals surface area contributed by atoms with Crippen LogP contribution in [0.2, 0.25) is 0 Å². The van der Waals surface area contributed by atoms with Crippen molar-refractivity contribution < 1.29 is 36.2 Å². The van der Waals surface area contributed by atoms with E-state index in [9.17, 15) is 32.0 Å². The summed E-state index contributed by atoms with van der Waals surface area (Å²) in [6.07, 6.45) is -4.52. The Balaban J connectivity index is 1.33. The van der Waals surface area contributed by atoms with Crippen LogP contribution in [0.15, 0.2) is 36.7 Å². The summed E-state index contributed by atoms with van der Waals surface area (Å²) < 4.78 is 81.9. The first kappa shape index (κ1) is 31.2. The third-order valence-electron chi connectivity index (χ3n) is 9.30. The van der Waals surface area contributed by atoms with Crippen molar-refractivity contribution in [3.63, 3.8) is 0 Å². The summed E-state index contributed by atoms with van der Waals surface area (Å²) in [6, 6.07) is 6.64. The summed E-state index contributed by atoms with van der Waals surface area (Å²) in [5, 5.41) is 9.43. The Morgan fingerprint density at radius 1 is 1.20 bits per heavy atom. The molecule has 4 aliphatic rings. The van der Waals surface area contributed by atoms with Crippen molar-refractivity contribution in [3.05, 3.63) is 59.1 Å². The van der Waals surface area contributed by atoms with Crippen molar-refractivity contribution in [1.82, 2.24) is 19.8 Å². The Labute approximate surface area is 257 Å². The first-order valence-corrected chi connectivity index (χ1v) is 15.0. The number of ether oxygens (including phenoxy) is 2. The topological polar surface area (TPSA) is 94.8 Å². The van der Waals surface area contributed by atoms with Crippen LogP contribution >= 0.6 is 0 Å². The SMILES string of the molecule is C=C(F)C(=O)N1CCN(c2nc(OC[C@@]34CCCN3C[C@H](F)C4)nc3c2CO[C@H](c2ccccc2C(F)(F)F)C3)C[C@@H]1CC#N. The molecule has 4 atom stereocenters. The molecule has 45 heavy (non-hydrogen) atoms. The van der Waals surface area contributed by atoms with E-state index in [0.717, 1.165) is 25.5 Å². The number of rotatable bonds is 7. The fourth-order valence-corrected chi connectivity index (χ4v) is 7.19. The molecule has 6 rings (SSSR count). The largest absolute Gasteiger partial charge is 0.461 e. The molecule has 9 nitrogen and oxygen atoms in total. The zero-order valence-electron chi connectivity index (χ0n) is 24.5. The molecule has 0 N–H and O–H groups in total. The van der Waals surface area contributed by atoms with Gasteiger partial charge in [0, 0.05) is 44.6 Å². The predicted octanol–water partition coefficient (Wildman–Crippen LogP) is 4.68. The average Bonchev–Trinajstić information content (AvgIpc) is 3.54. The molecule has 0 saturated carbocycles. The number of carbonyl (C=O) groups excluding carboxylic acids is 1. The summed E-state index contributed by atoms with van der Waals surface area (Å²) >= 11 is 0. The lowest BCUT2D eigenvalue weighted by Gasteiger charge is -2.42. The van der Waals surface area contributed by atoms with Gasteiger partial charge in [0.1, 0.15) is 18.6 Å². The summed E-state index contributed by atoms with van der Waals surface area (Å²) in [7, 11) is 0. The second kappa shape index (κ2) is 12.2. The van der Waals surface area contributed by atoms with Gasteiger partial charge in [-0.05, 0) is 31.0 Å². The minimum Gasteiger partial charge on any atom is -0.461 e. The highest BCUT2D eigenvalue weighted by Gasteiger charge is 2.49. The van der Waals surface area contributed by atoms with E-state index in [4.69, 9.17) is 14.5 Å². The lowest BCUT2D eigenvalue weighted by atomic mass is 9.94. The third-order valence-corrected chi connectivity index (χ3v) is 9.30. The number of hydrogen-bond donors (Lipinski definition) is 0. The van der Waals surface area contributed by atoms with E-state index >= 15 is 0 Å². The lowest BCUT2D eigenvalue weighted by Crippen LogP contribution is -2.55. The Hall–Kier alpha value is -3.83. The van der Waals surface area contributed by atoms with Crippen LogP contribution < -0.4 is 9.64 Å². The highest BCUT2D eigenvalue weighted by atomic mass is 19.4. The maximum absolute atomic E-state index is 14.4. The number of aromatic nitrogens is 2. The number of alkyl halides is 4. The first-order valence-electron chi connectivity index (χ1n) is 15.0. The number of hydrogen-bond acceptors (Lipinski definition) is 8. The molecular formula is C31H33F5N6O3. The van der Waals surface area contributed by atoms with E-state index in [1.165, 1.54) is 23.1 Å². The smallest absolute Gasteiger partial charge is 0.416 e. The molecule has 4 aliphatic heterocycles. The minimum absolute atomic E-state index is 0.00418. The van der Waals surface area contributed by atoms with Gasteiger partial charge < -0.3 is 19.3 Å². The summed E-state index contributed by atoms with van der Waals surface area (Å²) in [5.74, 6) is -1.61. The van der Waals surface area contributed by atoms with Crippen molar-refractivity contribution in [3.8, 4) is 12.1 Å². The van der Waals surface area contributed by atoms with Crippen LogP contribution in [0.1, 0.15) is 54.2 Å². The van der Waals surface area contributed by atoms with E-state index in [1.807, 2.05) is 11.0 Å². The van der Waals surface area contributed by atoms with E-state index in [1.54, 1.807) is 0 Å². The van der Waals surface area contributed by atoms with Crippen molar-refractivity contribution in [2.75, 3.05) is 44.2 Å². The average molecular weight is 633 g/mol. The monoisotopic (exact) mass is 632 g/mol. The van der Waals surface area contributed by atoms with E-state index in [2.05, 4.69) is 16.5 Å². The van der Waals surface area contributed by atoms with Gasteiger partial charge in [0.05, 0.1) is 48.0 Å². The van der Waals surface area contributed by atoms with Crippen molar-refractivity contribution in [2.24, 2.45) is 0 Å². The summed E-state index contributed by atoms with van der Waals surface area (Å²) in [5.41, 5.74) is -0.271. The number of fused-ring (bicyclic) bond motifs is 2. The Kier molecular flexibility index (Phi) is 8.43. The van der Waals surface area contributed by atoms with Gasteiger partial charge in [-0.1, -0.05) is 24.8 Å². The van der Waals surface area contributed by atoms with Gasteiger partial charge in [-0.3, -0.25) is 9.69 Å². The molecule has 0 unspecified atom stereocenters. The number of nitrogens with zero attached hydrogens (tertiary/aromatic N) is 6. The normalized spacial score (nSPS) is 26.7. The van der Waals surface area contributed by atoms with Gasteiger partial charge in [0.15, 0.2) is 5.83 Å². The van der Waals surface area contributed by atoms with Crippen LogP contribution in [0.25, 0.3) is 0 Å². The molecule has 0 aliphatic carbocycles. The van der Waals surface area contributed by atoms with E-state index in [-0.39, 0.29) is 57.3 Å².